The molecule has 0 unspecified atom stereocenters. The highest BCUT2D eigenvalue weighted by atomic mass is 16.2. The molecule has 4 aromatic rings. The second kappa shape index (κ2) is 11.5. The number of carbonyl (C=O) groups is 3. The Balaban J connectivity index is 0.946. The number of carbonyl (C=O) groups excluding carboxylic acids is 3. The van der Waals surface area contributed by atoms with E-state index >= 15 is 0 Å². The number of nitrogens with one attached hydrogen (secondary N) is 1. The van der Waals surface area contributed by atoms with Crippen LogP contribution in [-0.2, 0) is 16.1 Å². The highest BCUT2D eigenvalue weighted by molar-refractivity contribution is 5.99. The Kier molecular flexibility index (Phi) is 7.25. The second-order valence-electron chi connectivity index (χ2n) is 13.8. The molecule has 3 N–H and O–H groups in total. The van der Waals surface area contributed by atoms with Gasteiger partial charge in [0.1, 0.15) is 12.1 Å². The topological polar surface area (TPSA) is 122 Å². The summed E-state index contributed by atoms with van der Waals surface area (Å²) >= 11 is 0. The van der Waals surface area contributed by atoms with Crippen molar-refractivity contribution >= 4 is 34.3 Å². The van der Waals surface area contributed by atoms with Crippen molar-refractivity contribution in [2.24, 2.45) is 11.7 Å². The van der Waals surface area contributed by atoms with Crippen molar-refractivity contribution in [2.75, 3.05) is 57.4 Å². The lowest BCUT2D eigenvalue weighted by Gasteiger charge is -2.43. The molecule has 1 spiro atoms. The zero-order chi connectivity index (χ0) is 32.2. The van der Waals surface area contributed by atoms with Gasteiger partial charge >= 0.3 is 0 Å². The fourth-order valence-corrected chi connectivity index (χ4v) is 8.28. The van der Waals surface area contributed by atoms with E-state index in [4.69, 9.17) is 5.73 Å². The lowest BCUT2D eigenvalue weighted by molar-refractivity contribution is -0.140. The third kappa shape index (κ3) is 5.23. The van der Waals surface area contributed by atoms with E-state index in [0.717, 1.165) is 36.2 Å². The van der Waals surface area contributed by atoms with Crippen molar-refractivity contribution in [3.05, 3.63) is 96.2 Å². The Morgan fingerprint density at radius 3 is 2.40 bits per heavy atom. The second-order valence-corrected chi connectivity index (χ2v) is 13.8. The fraction of sp³-hybridized carbons (Fsp3) is 0.389. The molecular weight excluding hydrogens is 592 g/mol. The average Bonchev–Trinajstić information content (AvgIpc) is 3.83. The van der Waals surface area contributed by atoms with Gasteiger partial charge in [-0.05, 0) is 48.7 Å². The minimum atomic E-state index is -0.818. The number of anilines is 1. The molecule has 3 amide bonds. The van der Waals surface area contributed by atoms with Crippen LogP contribution in [-0.4, -0.2) is 111 Å². The molecule has 5 heterocycles. The Bertz CT molecular complexity index is 1800. The maximum Gasteiger partial charge on any atom is 0.253 e. The summed E-state index contributed by atoms with van der Waals surface area (Å²) in [6, 6.07) is 25.9. The first-order chi connectivity index (χ1) is 22.8. The van der Waals surface area contributed by atoms with Crippen LogP contribution in [0.3, 0.4) is 0 Å². The summed E-state index contributed by atoms with van der Waals surface area (Å²) in [5.41, 5.74) is 9.35. The maximum atomic E-state index is 14.3. The normalized spacial score (nSPS) is 24.1. The molecule has 4 aliphatic rings. The Labute approximate surface area is 273 Å². The molecule has 0 bridgehead atoms. The van der Waals surface area contributed by atoms with Gasteiger partial charge in [0.2, 0.25) is 5.91 Å². The lowest BCUT2D eigenvalue weighted by atomic mass is 9.85. The molecule has 4 aliphatic heterocycles. The van der Waals surface area contributed by atoms with E-state index in [0.29, 0.717) is 51.3 Å². The van der Waals surface area contributed by atoms with Crippen LogP contribution in [0.15, 0.2) is 85.1 Å². The first kappa shape index (κ1) is 29.6. The van der Waals surface area contributed by atoms with Gasteiger partial charge in [0, 0.05) is 68.4 Å². The van der Waals surface area contributed by atoms with Crippen LogP contribution in [0.25, 0.3) is 10.9 Å². The molecule has 11 nitrogen and oxygen atoms in total. The molecule has 0 saturated carbocycles. The molecule has 0 aliphatic carbocycles. The molecule has 4 fully saturated rings. The van der Waals surface area contributed by atoms with Gasteiger partial charge in [-0.2, -0.15) is 5.10 Å². The molecular formula is C36H40N8O3. The van der Waals surface area contributed by atoms with Crippen LogP contribution in [0.4, 0.5) is 5.69 Å². The summed E-state index contributed by atoms with van der Waals surface area (Å²) in [6.45, 7) is 4.81. The molecule has 47 heavy (non-hydrogen) atoms. The Morgan fingerprint density at radius 2 is 1.66 bits per heavy atom. The van der Waals surface area contributed by atoms with E-state index in [1.165, 1.54) is 5.56 Å². The van der Waals surface area contributed by atoms with Crippen LogP contribution in [0.5, 0.6) is 0 Å². The first-order valence-corrected chi connectivity index (χ1v) is 16.5. The highest BCUT2D eigenvalue weighted by Gasteiger charge is 2.56. The highest BCUT2D eigenvalue weighted by Crippen LogP contribution is 2.40. The van der Waals surface area contributed by atoms with Crippen molar-refractivity contribution < 1.29 is 14.4 Å². The molecule has 1 aromatic heterocycles. The Morgan fingerprint density at radius 1 is 0.915 bits per heavy atom. The predicted octanol–water partition coefficient (Wildman–Crippen LogP) is 2.52. The summed E-state index contributed by atoms with van der Waals surface area (Å²) in [6.07, 6.45) is 2.69. The van der Waals surface area contributed by atoms with E-state index in [2.05, 4.69) is 44.3 Å². The monoisotopic (exact) mass is 632 g/mol. The number of nitrogens with two attached hydrogens (primary N) is 1. The minimum absolute atomic E-state index is 0.0216. The number of nitrogens with zero attached hydrogens (tertiary/aromatic N) is 6. The first-order valence-electron chi connectivity index (χ1n) is 16.5. The molecule has 242 valence electrons. The summed E-state index contributed by atoms with van der Waals surface area (Å²) in [5, 5.41) is 7.87. The summed E-state index contributed by atoms with van der Waals surface area (Å²) in [7, 11) is 0. The van der Waals surface area contributed by atoms with Crippen molar-refractivity contribution in [1.29, 1.82) is 0 Å². The number of aromatic amines is 1. The number of fused-ring (bicyclic) bond motifs is 2. The zero-order valence-corrected chi connectivity index (χ0v) is 26.4. The van der Waals surface area contributed by atoms with E-state index in [9.17, 15) is 14.4 Å². The number of hydrogen-bond acceptors (Lipinski definition) is 7. The van der Waals surface area contributed by atoms with Crippen molar-refractivity contribution in [2.45, 2.75) is 30.5 Å². The lowest BCUT2D eigenvalue weighted by Crippen LogP contribution is -2.57. The van der Waals surface area contributed by atoms with Crippen molar-refractivity contribution in [1.82, 2.24) is 29.8 Å². The van der Waals surface area contributed by atoms with Gasteiger partial charge in [-0.3, -0.25) is 24.4 Å². The maximum absolute atomic E-state index is 14.3. The smallest absolute Gasteiger partial charge is 0.253 e. The third-order valence-corrected chi connectivity index (χ3v) is 10.8. The number of amides is 3. The molecule has 2 atom stereocenters. The van der Waals surface area contributed by atoms with Crippen LogP contribution >= 0.6 is 0 Å². The number of H-pyrrole nitrogens is 1. The summed E-state index contributed by atoms with van der Waals surface area (Å²) in [4.78, 5) is 51.5. The Hall–Kier alpha value is -4.74. The van der Waals surface area contributed by atoms with Crippen LogP contribution in [0.2, 0.25) is 0 Å². The van der Waals surface area contributed by atoms with Crippen molar-refractivity contribution in [3.63, 3.8) is 0 Å². The summed E-state index contributed by atoms with van der Waals surface area (Å²) < 4.78 is 0. The summed E-state index contributed by atoms with van der Waals surface area (Å²) in [5.74, 6) is 0.0500. The largest absolute Gasteiger partial charge is 0.339 e. The molecule has 0 radical (unpaired) electrons. The van der Waals surface area contributed by atoms with Gasteiger partial charge in [0.25, 0.3) is 11.8 Å². The molecule has 3 aromatic carbocycles. The van der Waals surface area contributed by atoms with E-state index in [1.807, 2.05) is 64.4 Å². The average molecular weight is 633 g/mol. The third-order valence-electron chi connectivity index (χ3n) is 10.8. The predicted molar refractivity (Wildman–Crippen MR) is 178 cm³/mol. The van der Waals surface area contributed by atoms with Crippen LogP contribution < -0.4 is 10.6 Å². The number of piperidine rings is 1. The van der Waals surface area contributed by atoms with Gasteiger partial charge in [-0.1, -0.05) is 48.5 Å². The molecule has 4 saturated heterocycles. The number of benzene rings is 3. The number of para-hydroxylation sites is 1. The fourth-order valence-electron chi connectivity index (χ4n) is 8.28. The van der Waals surface area contributed by atoms with E-state index in [-0.39, 0.29) is 30.2 Å². The van der Waals surface area contributed by atoms with Gasteiger partial charge in [-0.15, -0.1) is 0 Å². The minimum Gasteiger partial charge on any atom is -0.339 e. The molecule has 8 rings (SSSR count). The van der Waals surface area contributed by atoms with Gasteiger partial charge in [-0.25, -0.2) is 0 Å². The number of rotatable bonds is 6. The number of likely N-dealkylation sites (tertiary alicyclic amines) is 3. The SMILES string of the molecule is N[C@@]12CN(Cc3ccccc3)C[C@@H]1CN(C(=O)CN1CN(c3ccccc3)C3(CCN(C(=O)c4ccc5[nH]ncc5c4)CC3)C1=O)C2. The molecule has 11 heteroatoms. The van der Waals surface area contributed by atoms with Crippen LogP contribution in [0, 0.1) is 5.92 Å². The van der Waals surface area contributed by atoms with E-state index in [1.54, 1.807) is 11.1 Å². The standard InChI is InChI=1S/C36H40N8O3/c37-35-23-40(19-26-7-3-1-4-8-26)20-29(35)21-42(24-35)32(45)22-43-25-44(30-9-5-2-6-10-30)36(34(43)47)13-15-41(16-14-36)33(46)27-11-12-31-28(17-27)18-38-39-31/h1-12,17-18,29H,13-16,19-25,37H2,(H,38,39)/t29-,35-/m1/s1. The van der Waals surface area contributed by atoms with Crippen LogP contribution in [0.1, 0.15) is 28.8 Å². The quantitative estimate of drug-likeness (QED) is 0.335. The number of hydrogen-bond donors (Lipinski definition) is 2. The zero-order valence-electron chi connectivity index (χ0n) is 26.4. The van der Waals surface area contributed by atoms with E-state index < -0.39 is 11.1 Å². The van der Waals surface area contributed by atoms with Gasteiger partial charge in [0.15, 0.2) is 0 Å². The van der Waals surface area contributed by atoms with Gasteiger partial charge < -0.3 is 25.3 Å². The van der Waals surface area contributed by atoms with Gasteiger partial charge in [0.05, 0.1) is 23.9 Å². The number of aromatic nitrogens is 2. The van der Waals surface area contributed by atoms with Crippen molar-refractivity contribution in [3.8, 4) is 0 Å².